The Morgan fingerprint density at radius 2 is 2.18 bits per heavy atom. The van der Waals surface area contributed by atoms with Crippen molar-refractivity contribution >= 4 is 17.5 Å². The van der Waals surface area contributed by atoms with Crippen LogP contribution in [0.25, 0.3) is 0 Å². The van der Waals surface area contributed by atoms with E-state index in [9.17, 15) is 4.79 Å². The highest BCUT2D eigenvalue weighted by atomic mass is 35.5. The van der Waals surface area contributed by atoms with Crippen LogP contribution in [0.5, 0.6) is 0 Å². The fourth-order valence-electron chi connectivity index (χ4n) is 1.55. The molecule has 0 unspecified atom stereocenters. The molecule has 0 spiro atoms. The second-order valence-electron chi connectivity index (χ2n) is 3.74. The maximum absolute atomic E-state index is 11.8. The highest BCUT2D eigenvalue weighted by molar-refractivity contribution is 6.17. The smallest absolute Gasteiger partial charge is 0.251 e. The molecule has 1 amide bonds. The van der Waals surface area contributed by atoms with E-state index in [2.05, 4.69) is 10.3 Å². The Balaban J connectivity index is 1.99. The first-order valence-corrected chi connectivity index (χ1v) is 5.88. The Kier molecular flexibility index (Phi) is 3.83. The Labute approximate surface area is 105 Å². The van der Waals surface area contributed by atoms with Crippen molar-refractivity contribution in [2.24, 2.45) is 0 Å². The molecule has 4 heteroatoms. The van der Waals surface area contributed by atoms with Crippen molar-refractivity contribution < 1.29 is 4.79 Å². The summed E-state index contributed by atoms with van der Waals surface area (Å²) in [6.45, 7) is 0.521. The van der Waals surface area contributed by atoms with Gasteiger partial charge in [-0.3, -0.25) is 4.79 Å². The van der Waals surface area contributed by atoms with Crippen LogP contribution >= 0.6 is 11.6 Å². The number of aromatic amines is 1. The van der Waals surface area contributed by atoms with Gasteiger partial charge in [0.2, 0.25) is 0 Å². The first-order chi connectivity index (χ1) is 8.29. The zero-order chi connectivity index (χ0) is 12.1. The van der Waals surface area contributed by atoms with E-state index in [0.717, 1.165) is 11.1 Å². The molecule has 0 aliphatic carbocycles. The van der Waals surface area contributed by atoms with Crippen LogP contribution in [0.1, 0.15) is 21.5 Å². The molecule has 0 bridgehead atoms. The molecule has 1 aromatic carbocycles. The van der Waals surface area contributed by atoms with Gasteiger partial charge in [0.25, 0.3) is 5.91 Å². The Bertz CT molecular complexity index is 494. The Morgan fingerprint density at radius 1 is 1.29 bits per heavy atom. The molecule has 88 valence electrons. The number of benzene rings is 1. The number of alkyl halides is 1. The maximum Gasteiger partial charge on any atom is 0.251 e. The summed E-state index contributed by atoms with van der Waals surface area (Å²) in [4.78, 5) is 14.8. The van der Waals surface area contributed by atoms with Gasteiger partial charge in [-0.05, 0) is 29.3 Å². The molecule has 2 aromatic rings. The molecule has 3 nitrogen and oxygen atoms in total. The fraction of sp³-hybridized carbons (Fsp3) is 0.154. The van der Waals surface area contributed by atoms with E-state index in [1.807, 2.05) is 30.6 Å². The van der Waals surface area contributed by atoms with Gasteiger partial charge in [0.1, 0.15) is 0 Å². The summed E-state index contributed by atoms with van der Waals surface area (Å²) in [5.74, 6) is 0.331. The third kappa shape index (κ3) is 3.11. The monoisotopic (exact) mass is 248 g/mol. The van der Waals surface area contributed by atoms with Crippen LogP contribution < -0.4 is 5.32 Å². The molecule has 0 saturated heterocycles. The number of carbonyl (C=O) groups excluding carboxylic acids is 1. The van der Waals surface area contributed by atoms with Gasteiger partial charge >= 0.3 is 0 Å². The number of hydrogen-bond acceptors (Lipinski definition) is 1. The van der Waals surface area contributed by atoms with E-state index < -0.39 is 0 Å². The molecule has 1 heterocycles. The van der Waals surface area contributed by atoms with Crippen LogP contribution in [0, 0.1) is 0 Å². The highest BCUT2D eigenvalue weighted by Crippen LogP contribution is 2.08. The second kappa shape index (κ2) is 5.55. The molecule has 0 atom stereocenters. The molecule has 1 aromatic heterocycles. The van der Waals surface area contributed by atoms with E-state index in [1.165, 1.54) is 0 Å². The zero-order valence-electron chi connectivity index (χ0n) is 9.24. The van der Waals surface area contributed by atoms with Gasteiger partial charge in [-0.25, -0.2) is 0 Å². The van der Waals surface area contributed by atoms with Gasteiger partial charge in [0, 0.05) is 30.4 Å². The van der Waals surface area contributed by atoms with Crippen molar-refractivity contribution in [3.63, 3.8) is 0 Å². The van der Waals surface area contributed by atoms with Crippen molar-refractivity contribution in [1.29, 1.82) is 0 Å². The summed E-state index contributed by atoms with van der Waals surface area (Å²) in [6.07, 6.45) is 3.69. The van der Waals surface area contributed by atoms with Crippen LogP contribution in [-0.2, 0) is 12.4 Å². The standard InChI is InChI=1S/C13H13ClN2O/c14-7-10-2-1-3-12(6-10)13(17)16-9-11-4-5-15-8-11/h1-6,8,15H,7,9H2,(H,16,17). The van der Waals surface area contributed by atoms with E-state index in [-0.39, 0.29) is 5.91 Å². The predicted molar refractivity (Wildman–Crippen MR) is 68.0 cm³/mol. The summed E-state index contributed by atoms with van der Waals surface area (Å²) in [7, 11) is 0. The van der Waals surface area contributed by atoms with Crippen molar-refractivity contribution in [2.75, 3.05) is 0 Å². The fourth-order valence-corrected chi connectivity index (χ4v) is 1.71. The lowest BCUT2D eigenvalue weighted by Gasteiger charge is -2.05. The number of nitrogens with one attached hydrogen (secondary N) is 2. The summed E-state index contributed by atoms with van der Waals surface area (Å²) in [5.41, 5.74) is 2.63. The Hall–Kier alpha value is -1.74. The lowest BCUT2D eigenvalue weighted by molar-refractivity contribution is 0.0951. The van der Waals surface area contributed by atoms with E-state index in [4.69, 9.17) is 11.6 Å². The summed E-state index contributed by atoms with van der Waals surface area (Å²) in [6, 6.07) is 9.25. The molecule has 2 rings (SSSR count). The summed E-state index contributed by atoms with van der Waals surface area (Å²) >= 11 is 5.73. The number of rotatable bonds is 4. The molecule has 0 aliphatic heterocycles. The maximum atomic E-state index is 11.8. The summed E-state index contributed by atoms with van der Waals surface area (Å²) < 4.78 is 0. The van der Waals surface area contributed by atoms with E-state index >= 15 is 0 Å². The molecule has 0 saturated carbocycles. The third-order valence-corrected chi connectivity index (χ3v) is 2.77. The third-order valence-electron chi connectivity index (χ3n) is 2.46. The van der Waals surface area contributed by atoms with Crippen molar-refractivity contribution in [1.82, 2.24) is 10.3 Å². The van der Waals surface area contributed by atoms with Gasteiger partial charge in [-0.1, -0.05) is 12.1 Å². The molecular weight excluding hydrogens is 236 g/mol. The highest BCUT2D eigenvalue weighted by Gasteiger charge is 2.05. The minimum atomic E-state index is -0.0850. The molecular formula is C13H13ClN2O. The summed E-state index contributed by atoms with van der Waals surface area (Å²) in [5, 5.41) is 2.85. The number of carbonyl (C=O) groups is 1. The Morgan fingerprint density at radius 3 is 2.88 bits per heavy atom. The largest absolute Gasteiger partial charge is 0.367 e. The minimum Gasteiger partial charge on any atom is -0.367 e. The van der Waals surface area contributed by atoms with Gasteiger partial charge in [-0.2, -0.15) is 0 Å². The van der Waals surface area contributed by atoms with E-state index in [0.29, 0.717) is 18.0 Å². The van der Waals surface area contributed by atoms with Gasteiger partial charge in [-0.15, -0.1) is 11.6 Å². The molecule has 2 N–H and O–H groups in total. The lowest BCUT2D eigenvalue weighted by atomic mass is 10.1. The predicted octanol–water partition coefficient (Wildman–Crippen LogP) is 2.68. The quantitative estimate of drug-likeness (QED) is 0.803. The van der Waals surface area contributed by atoms with Crippen LogP contribution in [0.3, 0.4) is 0 Å². The number of H-pyrrole nitrogens is 1. The normalized spacial score (nSPS) is 10.2. The van der Waals surface area contributed by atoms with Crippen LogP contribution in [0.15, 0.2) is 42.7 Å². The number of halogens is 1. The zero-order valence-corrected chi connectivity index (χ0v) is 10.00. The molecule has 17 heavy (non-hydrogen) atoms. The molecule has 0 radical (unpaired) electrons. The number of amides is 1. The van der Waals surface area contributed by atoms with Crippen molar-refractivity contribution in [3.8, 4) is 0 Å². The second-order valence-corrected chi connectivity index (χ2v) is 4.00. The van der Waals surface area contributed by atoms with Gasteiger partial charge in [0.15, 0.2) is 0 Å². The van der Waals surface area contributed by atoms with E-state index in [1.54, 1.807) is 12.1 Å². The topological polar surface area (TPSA) is 44.9 Å². The van der Waals surface area contributed by atoms with Crippen molar-refractivity contribution in [3.05, 3.63) is 59.4 Å². The average Bonchev–Trinajstić information content (AvgIpc) is 2.89. The SMILES string of the molecule is O=C(NCc1cc[nH]c1)c1cccc(CCl)c1. The van der Waals surface area contributed by atoms with Gasteiger partial charge in [0.05, 0.1) is 0 Å². The molecule has 0 aliphatic rings. The van der Waals surface area contributed by atoms with Crippen LogP contribution in [-0.4, -0.2) is 10.9 Å². The van der Waals surface area contributed by atoms with Crippen LogP contribution in [0.2, 0.25) is 0 Å². The lowest BCUT2D eigenvalue weighted by Crippen LogP contribution is -2.22. The number of aromatic nitrogens is 1. The number of hydrogen-bond donors (Lipinski definition) is 2. The first-order valence-electron chi connectivity index (χ1n) is 5.34. The average molecular weight is 249 g/mol. The van der Waals surface area contributed by atoms with Crippen LogP contribution in [0.4, 0.5) is 0 Å². The first kappa shape index (κ1) is 11.7. The van der Waals surface area contributed by atoms with Crippen molar-refractivity contribution in [2.45, 2.75) is 12.4 Å². The van der Waals surface area contributed by atoms with Gasteiger partial charge < -0.3 is 10.3 Å². The molecule has 0 fully saturated rings. The minimum absolute atomic E-state index is 0.0850.